The predicted octanol–water partition coefficient (Wildman–Crippen LogP) is 1.96. The minimum atomic E-state index is -0.311. The van der Waals surface area contributed by atoms with Crippen molar-refractivity contribution in [1.29, 1.82) is 0 Å². The molecular weight excluding hydrogens is 328 g/mol. The molecule has 2 aromatic carbocycles. The summed E-state index contributed by atoms with van der Waals surface area (Å²) in [5.41, 5.74) is 2.29. The van der Waals surface area contributed by atoms with Crippen molar-refractivity contribution in [3.8, 4) is 5.69 Å². The maximum atomic E-state index is 12.4. The Balaban J connectivity index is 1.50. The molecule has 2 amide bonds. The van der Waals surface area contributed by atoms with E-state index in [1.165, 1.54) is 0 Å². The molecule has 0 atom stereocenters. The number of aromatic nitrogens is 2. The SMILES string of the molecule is O=C(CNC(=O)c1ccccc1-n1cccn1)NCCc1ccccc1. The molecule has 0 bridgehead atoms. The summed E-state index contributed by atoms with van der Waals surface area (Å²) in [7, 11) is 0. The van der Waals surface area contributed by atoms with Crippen LogP contribution in [0.25, 0.3) is 5.69 Å². The van der Waals surface area contributed by atoms with Crippen LogP contribution < -0.4 is 10.6 Å². The summed E-state index contributed by atoms with van der Waals surface area (Å²) >= 11 is 0. The van der Waals surface area contributed by atoms with Gasteiger partial charge in [0.15, 0.2) is 0 Å². The lowest BCUT2D eigenvalue weighted by atomic mass is 10.1. The van der Waals surface area contributed by atoms with Crippen molar-refractivity contribution < 1.29 is 9.59 Å². The first-order chi connectivity index (χ1) is 12.7. The lowest BCUT2D eigenvalue weighted by Crippen LogP contribution is -2.38. The van der Waals surface area contributed by atoms with Crippen molar-refractivity contribution in [2.24, 2.45) is 0 Å². The third-order valence-electron chi connectivity index (χ3n) is 3.89. The number of amides is 2. The van der Waals surface area contributed by atoms with Gasteiger partial charge in [0.05, 0.1) is 17.8 Å². The van der Waals surface area contributed by atoms with Crippen molar-refractivity contribution in [1.82, 2.24) is 20.4 Å². The van der Waals surface area contributed by atoms with Crippen LogP contribution >= 0.6 is 0 Å². The van der Waals surface area contributed by atoms with E-state index in [0.717, 1.165) is 12.0 Å². The first-order valence-corrected chi connectivity index (χ1v) is 8.42. The number of benzene rings is 2. The molecule has 26 heavy (non-hydrogen) atoms. The van der Waals surface area contributed by atoms with Gasteiger partial charge in [-0.2, -0.15) is 5.10 Å². The molecule has 3 rings (SSSR count). The normalized spacial score (nSPS) is 10.3. The van der Waals surface area contributed by atoms with Crippen LogP contribution in [0.2, 0.25) is 0 Å². The number of hydrogen-bond donors (Lipinski definition) is 2. The second-order valence-corrected chi connectivity index (χ2v) is 5.74. The zero-order chi connectivity index (χ0) is 18.2. The molecule has 0 saturated heterocycles. The van der Waals surface area contributed by atoms with E-state index in [0.29, 0.717) is 17.8 Å². The Morgan fingerprint density at radius 1 is 0.923 bits per heavy atom. The Labute approximate surface area is 151 Å². The molecule has 1 heterocycles. The Morgan fingerprint density at radius 2 is 1.69 bits per heavy atom. The number of hydrogen-bond acceptors (Lipinski definition) is 3. The summed E-state index contributed by atoms with van der Waals surface area (Å²) in [5, 5.41) is 9.62. The van der Waals surface area contributed by atoms with Gasteiger partial charge in [-0.15, -0.1) is 0 Å². The van der Waals surface area contributed by atoms with E-state index in [1.807, 2.05) is 42.5 Å². The average molecular weight is 348 g/mol. The fraction of sp³-hybridized carbons (Fsp3) is 0.150. The van der Waals surface area contributed by atoms with Crippen LogP contribution in [0.5, 0.6) is 0 Å². The van der Waals surface area contributed by atoms with Gasteiger partial charge in [0.1, 0.15) is 0 Å². The number of nitrogens with one attached hydrogen (secondary N) is 2. The molecule has 0 unspecified atom stereocenters. The molecule has 0 aliphatic carbocycles. The van der Waals surface area contributed by atoms with Crippen molar-refractivity contribution >= 4 is 11.8 Å². The maximum Gasteiger partial charge on any atom is 0.253 e. The number of rotatable bonds is 7. The summed E-state index contributed by atoms with van der Waals surface area (Å²) < 4.78 is 1.62. The summed E-state index contributed by atoms with van der Waals surface area (Å²) in [6.45, 7) is 0.462. The topological polar surface area (TPSA) is 76.0 Å². The zero-order valence-electron chi connectivity index (χ0n) is 14.3. The van der Waals surface area contributed by atoms with Gasteiger partial charge in [0.25, 0.3) is 5.91 Å². The van der Waals surface area contributed by atoms with Crippen LogP contribution in [0.3, 0.4) is 0 Å². The minimum Gasteiger partial charge on any atom is -0.354 e. The maximum absolute atomic E-state index is 12.4. The Kier molecular flexibility index (Phi) is 5.77. The third-order valence-corrected chi connectivity index (χ3v) is 3.89. The summed E-state index contributed by atoms with van der Waals surface area (Å²) in [4.78, 5) is 24.4. The smallest absolute Gasteiger partial charge is 0.253 e. The standard InChI is InChI=1S/C20H20N4O2/c25-19(21-13-11-16-7-2-1-3-8-16)15-22-20(26)17-9-4-5-10-18(17)24-14-6-12-23-24/h1-10,12,14H,11,13,15H2,(H,21,25)(H,22,26). The van der Waals surface area contributed by atoms with Crippen LogP contribution in [0, 0.1) is 0 Å². The van der Waals surface area contributed by atoms with Gasteiger partial charge in [-0.25, -0.2) is 4.68 Å². The van der Waals surface area contributed by atoms with Gasteiger partial charge in [0.2, 0.25) is 5.91 Å². The highest BCUT2D eigenvalue weighted by molar-refractivity contribution is 5.99. The van der Waals surface area contributed by atoms with E-state index in [1.54, 1.807) is 35.3 Å². The third kappa shape index (κ3) is 4.57. The van der Waals surface area contributed by atoms with Crippen LogP contribution in [0.15, 0.2) is 73.1 Å². The number of nitrogens with zero attached hydrogens (tertiary/aromatic N) is 2. The number of para-hydroxylation sites is 1. The quantitative estimate of drug-likeness (QED) is 0.685. The predicted molar refractivity (Wildman–Crippen MR) is 99.1 cm³/mol. The van der Waals surface area contributed by atoms with Gasteiger partial charge in [0, 0.05) is 18.9 Å². The lowest BCUT2D eigenvalue weighted by Gasteiger charge is -2.10. The summed E-state index contributed by atoms with van der Waals surface area (Å²) in [5.74, 6) is -0.528. The van der Waals surface area contributed by atoms with Crippen LogP contribution in [0.1, 0.15) is 15.9 Å². The fourth-order valence-electron chi connectivity index (χ4n) is 2.59. The number of carbonyl (C=O) groups is 2. The number of carbonyl (C=O) groups excluding carboxylic acids is 2. The summed E-state index contributed by atoms with van der Waals surface area (Å²) in [6.07, 6.45) is 4.17. The highest BCUT2D eigenvalue weighted by Crippen LogP contribution is 2.13. The van der Waals surface area contributed by atoms with Gasteiger partial charge in [-0.05, 0) is 30.2 Å². The molecule has 6 heteroatoms. The molecular formula is C20H20N4O2. The monoisotopic (exact) mass is 348 g/mol. The minimum absolute atomic E-state index is 0.0684. The molecule has 3 aromatic rings. The summed E-state index contributed by atoms with van der Waals surface area (Å²) in [6, 6.07) is 18.8. The highest BCUT2D eigenvalue weighted by atomic mass is 16.2. The molecule has 0 saturated carbocycles. The molecule has 2 N–H and O–H groups in total. The molecule has 0 radical (unpaired) electrons. The average Bonchev–Trinajstić information content (AvgIpc) is 3.21. The first-order valence-electron chi connectivity index (χ1n) is 8.42. The molecule has 0 fully saturated rings. The van der Waals surface area contributed by atoms with E-state index in [2.05, 4.69) is 15.7 Å². The van der Waals surface area contributed by atoms with Gasteiger partial charge in [-0.3, -0.25) is 9.59 Å². The van der Waals surface area contributed by atoms with E-state index in [4.69, 9.17) is 0 Å². The van der Waals surface area contributed by atoms with Crippen LogP contribution in [-0.4, -0.2) is 34.7 Å². The fourth-order valence-corrected chi connectivity index (χ4v) is 2.59. The van der Waals surface area contributed by atoms with Crippen molar-refractivity contribution in [2.75, 3.05) is 13.1 Å². The molecule has 6 nitrogen and oxygen atoms in total. The molecule has 1 aromatic heterocycles. The second kappa shape index (κ2) is 8.62. The molecule has 0 aliphatic heterocycles. The van der Waals surface area contributed by atoms with Gasteiger partial charge in [-0.1, -0.05) is 42.5 Å². The Bertz CT molecular complexity index is 861. The molecule has 0 aliphatic rings. The second-order valence-electron chi connectivity index (χ2n) is 5.74. The van der Waals surface area contributed by atoms with E-state index >= 15 is 0 Å². The van der Waals surface area contributed by atoms with E-state index in [-0.39, 0.29) is 18.4 Å². The van der Waals surface area contributed by atoms with Crippen LogP contribution in [0.4, 0.5) is 0 Å². The van der Waals surface area contributed by atoms with Gasteiger partial charge >= 0.3 is 0 Å². The zero-order valence-corrected chi connectivity index (χ0v) is 14.3. The Hall–Kier alpha value is -3.41. The largest absolute Gasteiger partial charge is 0.354 e. The first kappa shape index (κ1) is 17.4. The van der Waals surface area contributed by atoms with Crippen molar-refractivity contribution in [3.63, 3.8) is 0 Å². The van der Waals surface area contributed by atoms with Crippen LogP contribution in [-0.2, 0) is 11.2 Å². The molecule has 132 valence electrons. The van der Waals surface area contributed by atoms with Crippen molar-refractivity contribution in [2.45, 2.75) is 6.42 Å². The van der Waals surface area contributed by atoms with Gasteiger partial charge < -0.3 is 10.6 Å². The highest BCUT2D eigenvalue weighted by Gasteiger charge is 2.13. The lowest BCUT2D eigenvalue weighted by molar-refractivity contribution is -0.120. The van der Waals surface area contributed by atoms with E-state index in [9.17, 15) is 9.59 Å². The van der Waals surface area contributed by atoms with E-state index < -0.39 is 0 Å². The molecule has 0 spiro atoms. The Morgan fingerprint density at radius 3 is 2.46 bits per heavy atom. The van der Waals surface area contributed by atoms with Crippen molar-refractivity contribution in [3.05, 3.63) is 84.2 Å².